The van der Waals surface area contributed by atoms with Crippen LogP contribution in [-0.4, -0.2) is 26.5 Å². The largest absolute Gasteiger partial charge is 0.392 e. The highest BCUT2D eigenvalue weighted by Crippen LogP contribution is 2.21. The van der Waals surface area contributed by atoms with Crippen LogP contribution in [0.3, 0.4) is 0 Å². The van der Waals surface area contributed by atoms with Gasteiger partial charge in [-0.05, 0) is 30.7 Å². The van der Waals surface area contributed by atoms with Crippen LogP contribution in [0.2, 0.25) is 0 Å². The summed E-state index contributed by atoms with van der Waals surface area (Å²) in [6.07, 6.45) is 3.46. The zero-order valence-electron chi connectivity index (χ0n) is 14.3. The summed E-state index contributed by atoms with van der Waals surface area (Å²) < 4.78 is 2.39. The maximum Gasteiger partial charge on any atom is 0.262 e. The molecule has 2 aromatic carbocycles. The molecule has 0 amide bonds. The number of hydrogen-bond acceptors (Lipinski definition) is 4. The molecule has 0 saturated carbocycles. The Morgan fingerprint density at radius 3 is 2.77 bits per heavy atom. The maximum absolute atomic E-state index is 12.9. The number of aliphatic hydroxyl groups excluding tert-OH is 1. The van der Waals surface area contributed by atoms with Crippen molar-refractivity contribution in [2.75, 3.05) is 5.75 Å². The van der Waals surface area contributed by atoms with Crippen LogP contribution in [0, 0.1) is 0 Å². The maximum atomic E-state index is 12.9. The Balaban J connectivity index is 1.89. The summed E-state index contributed by atoms with van der Waals surface area (Å²) in [5, 5.41) is 10.9. The van der Waals surface area contributed by atoms with Gasteiger partial charge < -0.3 is 5.11 Å². The van der Waals surface area contributed by atoms with Crippen molar-refractivity contribution in [3.8, 4) is 0 Å². The summed E-state index contributed by atoms with van der Waals surface area (Å²) >= 11 is 4.88. The van der Waals surface area contributed by atoms with E-state index < -0.39 is 6.10 Å². The molecule has 26 heavy (non-hydrogen) atoms. The number of fused-ring (bicyclic) bond motifs is 1. The van der Waals surface area contributed by atoms with E-state index in [1.165, 1.54) is 11.8 Å². The SMILES string of the molecule is C[C@@H](O)Cn1c(SC/C=C/c2ccccc2)nc2ccc(Br)cc2c1=O. The molecule has 0 unspecified atom stereocenters. The molecular formula is C20H19BrN2O2S. The first-order valence-electron chi connectivity index (χ1n) is 8.27. The number of halogens is 1. The van der Waals surface area contributed by atoms with Crippen molar-refractivity contribution in [2.24, 2.45) is 0 Å². The number of benzene rings is 2. The molecule has 0 bridgehead atoms. The van der Waals surface area contributed by atoms with Gasteiger partial charge in [-0.15, -0.1) is 0 Å². The van der Waals surface area contributed by atoms with E-state index in [1.807, 2.05) is 54.6 Å². The van der Waals surface area contributed by atoms with Gasteiger partial charge in [0, 0.05) is 10.2 Å². The highest BCUT2D eigenvalue weighted by molar-refractivity contribution is 9.10. The second-order valence-electron chi connectivity index (χ2n) is 5.94. The quantitative estimate of drug-likeness (QED) is 0.466. The van der Waals surface area contributed by atoms with Gasteiger partial charge in [-0.2, -0.15) is 0 Å². The first-order valence-corrected chi connectivity index (χ1v) is 10.0. The predicted molar refractivity (Wildman–Crippen MR) is 112 cm³/mol. The fourth-order valence-corrected chi connectivity index (χ4v) is 3.76. The molecule has 1 N–H and O–H groups in total. The molecule has 1 heterocycles. The molecule has 4 nitrogen and oxygen atoms in total. The van der Waals surface area contributed by atoms with Gasteiger partial charge in [0.05, 0.1) is 23.6 Å². The summed E-state index contributed by atoms with van der Waals surface area (Å²) in [6.45, 7) is 1.89. The van der Waals surface area contributed by atoms with E-state index in [0.29, 0.717) is 21.8 Å². The Bertz CT molecular complexity index is 984. The zero-order valence-corrected chi connectivity index (χ0v) is 16.7. The van der Waals surface area contributed by atoms with E-state index in [9.17, 15) is 9.90 Å². The van der Waals surface area contributed by atoms with E-state index in [4.69, 9.17) is 0 Å². The van der Waals surface area contributed by atoms with Crippen molar-refractivity contribution in [1.82, 2.24) is 9.55 Å². The molecule has 0 spiro atoms. The summed E-state index contributed by atoms with van der Waals surface area (Å²) in [4.78, 5) is 17.5. The molecule has 0 aliphatic carbocycles. The van der Waals surface area contributed by atoms with Crippen LogP contribution in [0.15, 0.2) is 69.0 Å². The fourth-order valence-electron chi connectivity index (χ4n) is 2.58. The Hall–Kier alpha value is -1.89. The van der Waals surface area contributed by atoms with Crippen LogP contribution in [0.4, 0.5) is 0 Å². The summed E-state index contributed by atoms with van der Waals surface area (Å²) in [5.74, 6) is 0.684. The third-order valence-corrected chi connectivity index (χ3v) is 5.17. The van der Waals surface area contributed by atoms with Gasteiger partial charge in [-0.1, -0.05) is 70.2 Å². The standard InChI is InChI=1S/C20H19BrN2O2S/c1-14(24)13-23-19(25)17-12-16(21)9-10-18(17)22-20(23)26-11-5-8-15-6-3-2-4-7-15/h2-10,12,14,24H,11,13H2,1H3/b8-5+/t14-/m1/s1. The van der Waals surface area contributed by atoms with Crippen LogP contribution in [-0.2, 0) is 6.54 Å². The molecular weight excluding hydrogens is 412 g/mol. The molecule has 3 aromatic rings. The van der Waals surface area contributed by atoms with Crippen LogP contribution < -0.4 is 5.56 Å². The van der Waals surface area contributed by atoms with Crippen LogP contribution in [0.1, 0.15) is 12.5 Å². The van der Waals surface area contributed by atoms with Crippen LogP contribution in [0.5, 0.6) is 0 Å². The Kier molecular flexibility index (Phi) is 6.29. The van der Waals surface area contributed by atoms with Crippen molar-refractivity contribution >= 4 is 44.7 Å². The highest BCUT2D eigenvalue weighted by Gasteiger charge is 2.13. The summed E-state index contributed by atoms with van der Waals surface area (Å²) in [7, 11) is 0. The Morgan fingerprint density at radius 2 is 2.04 bits per heavy atom. The smallest absolute Gasteiger partial charge is 0.262 e. The van der Waals surface area contributed by atoms with Gasteiger partial charge in [-0.25, -0.2) is 4.98 Å². The van der Waals surface area contributed by atoms with Gasteiger partial charge in [0.15, 0.2) is 5.16 Å². The number of aromatic nitrogens is 2. The number of thioether (sulfide) groups is 1. The normalized spacial score (nSPS) is 12.7. The molecule has 1 aromatic heterocycles. The molecule has 0 aliphatic heterocycles. The van der Waals surface area contributed by atoms with E-state index in [1.54, 1.807) is 17.6 Å². The number of nitrogens with zero attached hydrogens (tertiary/aromatic N) is 2. The average Bonchev–Trinajstić information content (AvgIpc) is 2.63. The monoisotopic (exact) mass is 430 g/mol. The Morgan fingerprint density at radius 1 is 1.27 bits per heavy atom. The molecule has 0 radical (unpaired) electrons. The molecule has 134 valence electrons. The van der Waals surface area contributed by atoms with E-state index in [-0.39, 0.29) is 12.1 Å². The minimum absolute atomic E-state index is 0.133. The minimum Gasteiger partial charge on any atom is -0.392 e. The van der Waals surface area contributed by atoms with Gasteiger partial charge in [0.2, 0.25) is 0 Å². The third kappa shape index (κ3) is 4.63. The lowest BCUT2D eigenvalue weighted by Gasteiger charge is -2.14. The van der Waals surface area contributed by atoms with Gasteiger partial charge in [0.1, 0.15) is 0 Å². The fraction of sp³-hybridized carbons (Fsp3) is 0.200. The highest BCUT2D eigenvalue weighted by atomic mass is 79.9. The van der Waals surface area contributed by atoms with Gasteiger partial charge >= 0.3 is 0 Å². The molecule has 3 rings (SSSR count). The predicted octanol–water partition coefficient (Wildman–Crippen LogP) is 4.35. The number of hydrogen-bond donors (Lipinski definition) is 1. The molecule has 0 fully saturated rings. The molecule has 0 saturated heterocycles. The second-order valence-corrected chi connectivity index (χ2v) is 7.85. The third-order valence-electron chi connectivity index (χ3n) is 3.75. The van der Waals surface area contributed by atoms with Gasteiger partial charge in [0.25, 0.3) is 5.56 Å². The van der Waals surface area contributed by atoms with Crippen LogP contribution in [0.25, 0.3) is 17.0 Å². The average molecular weight is 431 g/mol. The molecule has 1 atom stereocenters. The second kappa shape index (κ2) is 8.66. The first kappa shape index (κ1) is 18.9. The van der Waals surface area contributed by atoms with Crippen molar-refractivity contribution in [3.05, 3.63) is 75.0 Å². The Labute approximate surface area is 164 Å². The molecule has 6 heteroatoms. The van der Waals surface area contributed by atoms with E-state index in [2.05, 4.69) is 20.9 Å². The lowest BCUT2D eigenvalue weighted by molar-refractivity contribution is 0.168. The van der Waals surface area contributed by atoms with Crippen LogP contribution >= 0.6 is 27.7 Å². The summed E-state index contributed by atoms with van der Waals surface area (Å²) in [6, 6.07) is 15.5. The number of aliphatic hydroxyl groups is 1. The molecule has 0 aliphatic rings. The van der Waals surface area contributed by atoms with Crippen molar-refractivity contribution in [1.29, 1.82) is 0 Å². The topological polar surface area (TPSA) is 55.1 Å². The van der Waals surface area contributed by atoms with E-state index in [0.717, 1.165) is 10.0 Å². The van der Waals surface area contributed by atoms with Gasteiger partial charge in [-0.3, -0.25) is 9.36 Å². The van der Waals surface area contributed by atoms with Crippen molar-refractivity contribution < 1.29 is 5.11 Å². The first-order chi connectivity index (χ1) is 12.5. The zero-order chi connectivity index (χ0) is 18.5. The lowest BCUT2D eigenvalue weighted by atomic mass is 10.2. The number of rotatable bonds is 6. The van der Waals surface area contributed by atoms with Crippen molar-refractivity contribution in [2.45, 2.75) is 24.7 Å². The summed E-state index contributed by atoms with van der Waals surface area (Å²) in [5.41, 5.74) is 1.66. The van der Waals surface area contributed by atoms with Crippen molar-refractivity contribution in [3.63, 3.8) is 0 Å². The lowest BCUT2D eigenvalue weighted by Crippen LogP contribution is -2.27. The minimum atomic E-state index is -0.627. The van der Waals surface area contributed by atoms with E-state index >= 15 is 0 Å².